The Morgan fingerprint density at radius 2 is 1.97 bits per heavy atom. The van der Waals surface area contributed by atoms with Gasteiger partial charge >= 0.3 is 5.97 Å². The van der Waals surface area contributed by atoms with E-state index >= 15 is 0 Å². The van der Waals surface area contributed by atoms with Crippen LogP contribution in [0.25, 0.3) is 10.2 Å². The highest BCUT2D eigenvalue weighted by Gasteiger charge is 2.22. The molecular weight excluding hydrogens is 405 g/mol. The maximum Gasteiger partial charge on any atom is 0.307 e. The molecule has 6 nitrogen and oxygen atoms in total. The molecule has 0 radical (unpaired) electrons. The largest absolute Gasteiger partial charge is 0.469 e. The lowest BCUT2D eigenvalue weighted by atomic mass is 10.2. The Labute approximate surface area is 179 Å². The zero-order chi connectivity index (χ0) is 21.8. The summed E-state index contributed by atoms with van der Waals surface area (Å²) in [5.41, 5.74) is 1.77. The average Bonchev–Trinajstić information content (AvgIpc) is 3.27. The number of hydrogen-bond acceptors (Lipinski definition) is 5. The lowest BCUT2D eigenvalue weighted by Crippen LogP contribution is -2.35. The minimum absolute atomic E-state index is 0.0958. The summed E-state index contributed by atoms with van der Waals surface area (Å²) in [6.07, 6.45) is 0.164. The number of methoxy groups -OCH3 is 1. The molecule has 0 aliphatic carbocycles. The Kier molecular flexibility index (Phi) is 6.87. The second kappa shape index (κ2) is 9.38. The van der Waals surface area contributed by atoms with Crippen LogP contribution in [0.15, 0.2) is 30.3 Å². The van der Waals surface area contributed by atoms with Crippen LogP contribution in [0.1, 0.15) is 41.2 Å². The van der Waals surface area contributed by atoms with Crippen LogP contribution in [0.2, 0.25) is 0 Å². The van der Waals surface area contributed by atoms with E-state index in [4.69, 9.17) is 4.74 Å². The number of thiophene rings is 1. The molecule has 2 aromatic heterocycles. The Hall–Kier alpha value is -2.74. The van der Waals surface area contributed by atoms with Crippen molar-refractivity contribution in [3.8, 4) is 0 Å². The molecule has 0 unspecified atom stereocenters. The highest BCUT2D eigenvalue weighted by Crippen LogP contribution is 2.30. The van der Waals surface area contributed by atoms with E-state index in [1.165, 1.54) is 30.6 Å². The summed E-state index contributed by atoms with van der Waals surface area (Å²) in [6, 6.07) is 8.19. The fourth-order valence-electron chi connectivity index (χ4n) is 3.29. The first-order valence-electron chi connectivity index (χ1n) is 9.86. The van der Waals surface area contributed by atoms with Crippen molar-refractivity contribution in [1.29, 1.82) is 0 Å². The quantitative estimate of drug-likeness (QED) is 0.500. The van der Waals surface area contributed by atoms with Crippen molar-refractivity contribution in [3.63, 3.8) is 0 Å². The predicted octanol–water partition coefficient (Wildman–Crippen LogP) is 4.25. The van der Waals surface area contributed by atoms with Crippen molar-refractivity contribution in [1.82, 2.24) is 14.7 Å². The minimum Gasteiger partial charge on any atom is -0.469 e. The van der Waals surface area contributed by atoms with Crippen LogP contribution in [0, 0.1) is 18.7 Å². The van der Waals surface area contributed by atoms with E-state index in [0.717, 1.165) is 21.5 Å². The van der Waals surface area contributed by atoms with E-state index in [0.29, 0.717) is 24.5 Å². The number of ether oxygens (including phenoxy) is 1. The summed E-state index contributed by atoms with van der Waals surface area (Å²) in [6.45, 7) is 7.36. The number of hydrogen-bond donors (Lipinski definition) is 0. The lowest BCUT2D eigenvalue weighted by molar-refractivity contribution is -0.140. The second-order valence-electron chi connectivity index (χ2n) is 7.67. The maximum absolute atomic E-state index is 13.2. The molecule has 8 heteroatoms. The molecule has 0 saturated carbocycles. The van der Waals surface area contributed by atoms with Gasteiger partial charge in [0.1, 0.15) is 10.6 Å². The Balaban J connectivity index is 1.86. The van der Waals surface area contributed by atoms with E-state index in [9.17, 15) is 14.0 Å². The van der Waals surface area contributed by atoms with Crippen molar-refractivity contribution >= 4 is 33.4 Å². The number of aryl methyl sites for hydroxylation is 1. The van der Waals surface area contributed by atoms with Gasteiger partial charge in [-0.3, -0.25) is 14.3 Å². The van der Waals surface area contributed by atoms with Gasteiger partial charge in [0.15, 0.2) is 0 Å². The fraction of sp³-hybridized carbons (Fsp3) is 0.409. The van der Waals surface area contributed by atoms with Crippen molar-refractivity contribution in [3.05, 3.63) is 52.3 Å². The molecule has 1 amide bonds. The second-order valence-corrected chi connectivity index (χ2v) is 8.70. The Bertz CT molecular complexity index is 1040. The normalized spacial score (nSPS) is 11.3. The first-order valence-corrected chi connectivity index (χ1v) is 10.7. The van der Waals surface area contributed by atoms with Crippen molar-refractivity contribution in [2.75, 3.05) is 20.2 Å². The number of carbonyl (C=O) groups excluding carboxylic acids is 2. The number of esters is 1. The van der Waals surface area contributed by atoms with Crippen LogP contribution in [-0.2, 0) is 16.1 Å². The van der Waals surface area contributed by atoms with Gasteiger partial charge in [0.2, 0.25) is 0 Å². The Morgan fingerprint density at radius 1 is 1.27 bits per heavy atom. The summed E-state index contributed by atoms with van der Waals surface area (Å²) < 4.78 is 19.7. The van der Waals surface area contributed by atoms with Crippen LogP contribution >= 0.6 is 11.3 Å². The molecule has 0 spiro atoms. The molecule has 0 bridgehead atoms. The zero-order valence-electron chi connectivity index (χ0n) is 17.6. The van der Waals surface area contributed by atoms with Gasteiger partial charge in [-0.1, -0.05) is 26.0 Å². The van der Waals surface area contributed by atoms with Crippen LogP contribution < -0.4 is 0 Å². The minimum atomic E-state index is -0.335. The standard InChI is InChI=1S/C22H26FN3O3S/c1-14(2)12-25(10-9-20(27)29-4)21(28)19-11-18-15(3)24-26(22(18)30-19)13-16-5-7-17(23)8-6-16/h5-8,11,14H,9-10,12-13H2,1-4H3. The summed E-state index contributed by atoms with van der Waals surface area (Å²) in [7, 11) is 1.35. The molecule has 3 rings (SSSR count). The fourth-order valence-corrected chi connectivity index (χ4v) is 4.42. The monoisotopic (exact) mass is 431 g/mol. The number of carbonyl (C=O) groups is 2. The molecular formula is C22H26FN3O3S. The van der Waals surface area contributed by atoms with Crippen molar-refractivity contribution in [2.24, 2.45) is 5.92 Å². The van der Waals surface area contributed by atoms with Crippen LogP contribution in [-0.4, -0.2) is 46.8 Å². The maximum atomic E-state index is 13.2. The molecule has 2 heterocycles. The van der Waals surface area contributed by atoms with Crippen LogP contribution in [0.4, 0.5) is 4.39 Å². The number of halogens is 1. The summed E-state index contributed by atoms with van der Waals surface area (Å²) in [5, 5.41) is 5.51. The van der Waals surface area contributed by atoms with Gasteiger partial charge < -0.3 is 9.64 Å². The Morgan fingerprint density at radius 3 is 2.60 bits per heavy atom. The number of fused-ring (bicyclic) bond motifs is 1. The topological polar surface area (TPSA) is 64.4 Å². The predicted molar refractivity (Wildman–Crippen MR) is 115 cm³/mol. The molecule has 0 aliphatic rings. The van der Waals surface area contributed by atoms with E-state index < -0.39 is 0 Å². The van der Waals surface area contributed by atoms with Gasteiger partial charge in [-0.05, 0) is 36.6 Å². The van der Waals surface area contributed by atoms with E-state index in [2.05, 4.69) is 5.10 Å². The SMILES string of the molecule is COC(=O)CCN(CC(C)C)C(=O)c1cc2c(C)nn(Cc3ccc(F)cc3)c2s1. The van der Waals surface area contributed by atoms with E-state index in [1.807, 2.05) is 31.5 Å². The number of amides is 1. The van der Waals surface area contributed by atoms with E-state index in [1.54, 1.807) is 17.0 Å². The van der Waals surface area contributed by atoms with E-state index in [-0.39, 0.29) is 30.0 Å². The lowest BCUT2D eigenvalue weighted by Gasteiger charge is -2.23. The molecule has 0 atom stereocenters. The van der Waals surface area contributed by atoms with Gasteiger partial charge in [-0.25, -0.2) is 4.39 Å². The smallest absolute Gasteiger partial charge is 0.307 e. The first-order chi connectivity index (χ1) is 14.3. The molecule has 0 fully saturated rings. The highest BCUT2D eigenvalue weighted by molar-refractivity contribution is 7.20. The first kappa shape index (κ1) is 22.0. The summed E-state index contributed by atoms with van der Waals surface area (Å²) in [5.74, 6) is -0.432. The number of rotatable bonds is 8. The third kappa shape index (κ3) is 5.05. The highest BCUT2D eigenvalue weighted by atomic mass is 32.1. The van der Waals surface area contributed by atoms with Crippen LogP contribution in [0.5, 0.6) is 0 Å². The summed E-state index contributed by atoms with van der Waals surface area (Å²) >= 11 is 1.39. The van der Waals surface area contributed by atoms with Gasteiger partial charge in [0.05, 0.1) is 30.6 Å². The molecule has 0 N–H and O–H groups in total. The van der Waals surface area contributed by atoms with Gasteiger partial charge in [0.25, 0.3) is 5.91 Å². The van der Waals surface area contributed by atoms with Crippen molar-refractivity contribution < 1.29 is 18.7 Å². The molecule has 0 aliphatic heterocycles. The third-order valence-electron chi connectivity index (χ3n) is 4.75. The average molecular weight is 432 g/mol. The zero-order valence-corrected chi connectivity index (χ0v) is 18.5. The number of aromatic nitrogens is 2. The molecule has 3 aromatic rings. The third-order valence-corrected chi connectivity index (χ3v) is 5.89. The van der Waals surface area contributed by atoms with Crippen LogP contribution in [0.3, 0.4) is 0 Å². The summed E-state index contributed by atoms with van der Waals surface area (Å²) in [4.78, 5) is 28.0. The molecule has 160 valence electrons. The van der Waals surface area contributed by atoms with Gasteiger partial charge in [-0.2, -0.15) is 5.10 Å². The number of nitrogens with zero attached hydrogens (tertiary/aromatic N) is 3. The van der Waals surface area contributed by atoms with Gasteiger partial charge in [0, 0.05) is 18.5 Å². The molecule has 1 aromatic carbocycles. The number of benzene rings is 1. The van der Waals surface area contributed by atoms with Gasteiger partial charge in [-0.15, -0.1) is 11.3 Å². The molecule has 0 saturated heterocycles. The molecule has 30 heavy (non-hydrogen) atoms. The van der Waals surface area contributed by atoms with Crippen molar-refractivity contribution in [2.45, 2.75) is 33.7 Å².